The van der Waals surface area contributed by atoms with Gasteiger partial charge in [-0.25, -0.2) is 4.39 Å². The highest BCUT2D eigenvalue weighted by atomic mass is 32.1. The Hall–Kier alpha value is -1.86. The number of fused-ring (bicyclic) bond motifs is 1. The zero-order chi connectivity index (χ0) is 12.5. The standard InChI is InChI=1S/C11H10FN5S/c12-8-3-1-7(2-4-8)10-14-15-11-17(10)16-9(18-11)5-6-13/h1-4H,5-6,13H2. The summed E-state index contributed by atoms with van der Waals surface area (Å²) in [5.41, 5.74) is 6.28. The van der Waals surface area contributed by atoms with Crippen LogP contribution in [0.5, 0.6) is 0 Å². The van der Waals surface area contributed by atoms with E-state index in [2.05, 4.69) is 15.3 Å². The average Bonchev–Trinajstić information content (AvgIpc) is 2.90. The van der Waals surface area contributed by atoms with E-state index in [1.54, 1.807) is 16.6 Å². The van der Waals surface area contributed by atoms with Gasteiger partial charge in [-0.3, -0.25) is 0 Å². The lowest BCUT2D eigenvalue weighted by Gasteiger charge is -1.96. The maximum atomic E-state index is 12.9. The third kappa shape index (κ3) is 1.87. The summed E-state index contributed by atoms with van der Waals surface area (Å²) in [6.45, 7) is 0.552. The zero-order valence-corrected chi connectivity index (χ0v) is 10.2. The van der Waals surface area contributed by atoms with E-state index in [4.69, 9.17) is 5.73 Å². The molecule has 5 nitrogen and oxygen atoms in total. The van der Waals surface area contributed by atoms with Crippen molar-refractivity contribution in [1.82, 2.24) is 19.8 Å². The van der Waals surface area contributed by atoms with E-state index >= 15 is 0 Å². The monoisotopic (exact) mass is 263 g/mol. The maximum Gasteiger partial charge on any atom is 0.234 e. The molecule has 0 spiro atoms. The molecule has 7 heteroatoms. The Morgan fingerprint density at radius 3 is 2.72 bits per heavy atom. The molecule has 2 heterocycles. The van der Waals surface area contributed by atoms with E-state index in [0.717, 1.165) is 22.0 Å². The molecule has 0 atom stereocenters. The number of halogens is 1. The molecule has 0 aliphatic heterocycles. The zero-order valence-electron chi connectivity index (χ0n) is 9.38. The molecule has 0 aliphatic carbocycles. The first-order valence-electron chi connectivity index (χ1n) is 5.45. The minimum absolute atomic E-state index is 0.276. The molecule has 0 fully saturated rings. The van der Waals surface area contributed by atoms with E-state index < -0.39 is 0 Å². The lowest BCUT2D eigenvalue weighted by Crippen LogP contribution is -2.03. The van der Waals surface area contributed by atoms with Crippen molar-refractivity contribution in [3.05, 3.63) is 35.1 Å². The van der Waals surface area contributed by atoms with Crippen molar-refractivity contribution in [3.63, 3.8) is 0 Å². The van der Waals surface area contributed by atoms with Gasteiger partial charge in [0.15, 0.2) is 5.82 Å². The Morgan fingerprint density at radius 2 is 2.00 bits per heavy atom. The highest BCUT2D eigenvalue weighted by Crippen LogP contribution is 2.21. The van der Waals surface area contributed by atoms with E-state index in [1.165, 1.54) is 23.5 Å². The van der Waals surface area contributed by atoms with Crippen LogP contribution in [0, 0.1) is 5.82 Å². The number of hydrogen-bond acceptors (Lipinski definition) is 5. The molecule has 2 aromatic heterocycles. The molecule has 18 heavy (non-hydrogen) atoms. The van der Waals surface area contributed by atoms with Gasteiger partial charge in [0, 0.05) is 12.0 Å². The summed E-state index contributed by atoms with van der Waals surface area (Å²) >= 11 is 1.46. The molecule has 0 saturated heterocycles. The summed E-state index contributed by atoms with van der Waals surface area (Å²) in [6, 6.07) is 6.11. The van der Waals surface area contributed by atoms with E-state index in [0.29, 0.717) is 12.4 Å². The van der Waals surface area contributed by atoms with Crippen LogP contribution in [-0.4, -0.2) is 26.4 Å². The number of aromatic nitrogens is 4. The molecule has 0 saturated carbocycles. The van der Waals surface area contributed by atoms with Crippen LogP contribution in [0.2, 0.25) is 0 Å². The maximum absolute atomic E-state index is 12.9. The Morgan fingerprint density at radius 1 is 1.22 bits per heavy atom. The van der Waals surface area contributed by atoms with E-state index in [9.17, 15) is 4.39 Å². The largest absolute Gasteiger partial charge is 0.330 e. The third-order valence-electron chi connectivity index (χ3n) is 2.49. The smallest absolute Gasteiger partial charge is 0.234 e. The van der Waals surface area contributed by atoms with Gasteiger partial charge in [0.1, 0.15) is 10.8 Å². The van der Waals surface area contributed by atoms with Gasteiger partial charge in [-0.15, -0.1) is 10.2 Å². The normalized spacial score (nSPS) is 11.2. The Labute approximate surface area is 106 Å². The molecular weight excluding hydrogens is 253 g/mol. The number of rotatable bonds is 3. The Bertz CT molecular complexity index is 672. The number of nitrogens with zero attached hydrogens (tertiary/aromatic N) is 4. The molecule has 2 N–H and O–H groups in total. The second-order valence-electron chi connectivity index (χ2n) is 3.76. The lowest BCUT2D eigenvalue weighted by molar-refractivity contribution is 0.628. The van der Waals surface area contributed by atoms with Gasteiger partial charge in [0.2, 0.25) is 4.96 Å². The molecule has 0 amide bonds. The van der Waals surface area contributed by atoms with E-state index in [1.807, 2.05) is 0 Å². The quantitative estimate of drug-likeness (QED) is 0.777. The van der Waals surface area contributed by atoms with Crippen molar-refractivity contribution in [2.75, 3.05) is 6.54 Å². The predicted molar refractivity (Wildman–Crippen MR) is 66.8 cm³/mol. The summed E-state index contributed by atoms with van der Waals surface area (Å²) in [6.07, 6.45) is 0.719. The van der Waals surface area contributed by atoms with Crippen LogP contribution >= 0.6 is 11.3 Å². The van der Waals surface area contributed by atoms with Crippen LogP contribution < -0.4 is 5.73 Å². The second-order valence-corrected chi connectivity index (χ2v) is 4.80. The molecular formula is C11H10FN5S. The molecule has 0 bridgehead atoms. The molecule has 0 aliphatic rings. The van der Waals surface area contributed by atoms with Crippen LogP contribution in [0.25, 0.3) is 16.3 Å². The number of benzene rings is 1. The predicted octanol–water partition coefficient (Wildman–Crippen LogP) is 1.49. The summed E-state index contributed by atoms with van der Waals surface area (Å²) in [7, 11) is 0. The molecule has 0 radical (unpaired) electrons. The number of hydrogen-bond donors (Lipinski definition) is 1. The van der Waals surface area contributed by atoms with Crippen molar-refractivity contribution in [2.45, 2.75) is 6.42 Å². The van der Waals surface area contributed by atoms with Crippen molar-refractivity contribution in [2.24, 2.45) is 5.73 Å². The fourth-order valence-corrected chi connectivity index (χ4v) is 2.51. The molecule has 3 rings (SSSR count). The summed E-state index contributed by atoms with van der Waals surface area (Å²) in [5, 5.41) is 13.4. The first kappa shape index (κ1) is 11.2. The summed E-state index contributed by atoms with van der Waals surface area (Å²) in [5.74, 6) is 0.339. The van der Waals surface area contributed by atoms with E-state index in [-0.39, 0.29) is 5.82 Å². The number of nitrogens with two attached hydrogens (primary N) is 1. The molecule has 92 valence electrons. The highest BCUT2D eigenvalue weighted by molar-refractivity contribution is 7.16. The first-order chi connectivity index (χ1) is 8.78. The van der Waals surface area contributed by atoms with Crippen molar-refractivity contribution in [3.8, 4) is 11.4 Å². The summed E-state index contributed by atoms with van der Waals surface area (Å²) in [4.78, 5) is 0.720. The van der Waals surface area contributed by atoms with Gasteiger partial charge in [-0.05, 0) is 30.8 Å². The van der Waals surface area contributed by atoms with Gasteiger partial charge in [0.25, 0.3) is 0 Å². The molecule has 3 aromatic rings. The van der Waals surface area contributed by atoms with Crippen molar-refractivity contribution < 1.29 is 4.39 Å². The fourth-order valence-electron chi connectivity index (χ4n) is 1.66. The highest BCUT2D eigenvalue weighted by Gasteiger charge is 2.12. The van der Waals surface area contributed by atoms with Crippen LogP contribution in [0.15, 0.2) is 24.3 Å². The molecule has 0 unspecified atom stereocenters. The lowest BCUT2D eigenvalue weighted by atomic mass is 10.2. The average molecular weight is 263 g/mol. The minimum Gasteiger partial charge on any atom is -0.330 e. The van der Waals surface area contributed by atoms with Gasteiger partial charge in [-0.1, -0.05) is 11.3 Å². The van der Waals surface area contributed by atoms with Gasteiger partial charge < -0.3 is 5.73 Å². The first-order valence-corrected chi connectivity index (χ1v) is 6.26. The summed E-state index contributed by atoms with van der Waals surface area (Å²) < 4.78 is 14.5. The van der Waals surface area contributed by atoms with Crippen molar-refractivity contribution >= 4 is 16.3 Å². The molecule has 1 aromatic carbocycles. The Balaban J connectivity index is 2.08. The van der Waals surface area contributed by atoms with Gasteiger partial charge in [0.05, 0.1) is 0 Å². The SMILES string of the molecule is NCCc1nn2c(-c3ccc(F)cc3)nnc2s1. The van der Waals surface area contributed by atoms with Gasteiger partial charge in [-0.2, -0.15) is 9.61 Å². The van der Waals surface area contributed by atoms with Crippen LogP contribution in [0.1, 0.15) is 5.01 Å². The van der Waals surface area contributed by atoms with Gasteiger partial charge >= 0.3 is 0 Å². The van der Waals surface area contributed by atoms with Crippen molar-refractivity contribution in [1.29, 1.82) is 0 Å². The minimum atomic E-state index is -0.276. The van der Waals surface area contributed by atoms with Crippen LogP contribution in [0.3, 0.4) is 0 Å². The Kier molecular flexibility index (Phi) is 2.77. The second kappa shape index (κ2) is 4.43. The fraction of sp³-hybridized carbons (Fsp3) is 0.182. The van der Waals surface area contributed by atoms with Crippen LogP contribution in [-0.2, 0) is 6.42 Å². The van der Waals surface area contributed by atoms with Crippen LogP contribution in [0.4, 0.5) is 4.39 Å². The third-order valence-corrected chi connectivity index (χ3v) is 3.45. The topological polar surface area (TPSA) is 69.1 Å².